The Morgan fingerprint density at radius 2 is 2.29 bits per heavy atom. The SMILES string of the molecule is COCc1cc(O)cnc1C(=O)OC. The number of esters is 1. The van der Waals surface area contributed by atoms with Crippen molar-refractivity contribution in [2.24, 2.45) is 0 Å². The van der Waals surface area contributed by atoms with Crippen LogP contribution in [-0.4, -0.2) is 30.3 Å². The van der Waals surface area contributed by atoms with Crippen molar-refractivity contribution >= 4 is 5.97 Å². The Bertz CT molecular complexity index is 338. The van der Waals surface area contributed by atoms with Gasteiger partial charge in [-0.2, -0.15) is 0 Å². The van der Waals surface area contributed by atoms with E-state index in [9.17, 15) is 4.79 Å². The lowest BCUT2D eigenvalue weighted by molar-refractivity contribution is 0.0588. The second-order valence-corrected chi connectivity index (χ2v) is 2.63. The Balaban J connectivity index is 3.07. The predicted octanol–water partition coefficient (Wildman–Crippen LogP) is 0.720. The first kappa shape index (κ1) is 10.5. The summed E-state index contributed by atoms with van der Waals surface area (Å²) >= 11 is 0. The molecule has 0 saturated heterocycles. The topological polar surface area (TPSA) is 68.7 Å². The summed E-state index contributed by atoms with van der Waals surface area (Å²) in [5.74, 6) is -0.554. The van der Waals surface area contributed by atoms with Crippen LogP contribution in [0.25, 0.3) is 0 Å². The minimum Gasteiger partial charge on any atom is -0.506 e. The van der Waals surface area contributed by atoms with Crippen molar-refractivity contribution in [2.45, 2.75) is 6.61 Å². The molecule has 0 unspecified atom stereocenters. The molecule has 0 aliphatic rings. The number of aromatic hydroxyl groups is 1. The maximum absolute atomic E-state index is 11.2. The van der Waals surface area contributed by atoms with Gasteiger partial charge in [0.2, 0.25) is 0 Å². The summed E-state index contributed by atoms with van der Waals surface area (Å²) in [7, 11) is 2.76. The average Bonchev–Trinajstić information content (AvgIpc) is 2.17. The highest BCUT2D eigenvalue weighted by Gasteiger charge is 2.13. The fourth-order valence-corrected chi connectivity index (χ4v) is 1.04. The molecule has 0 radical (unpaired) electrons. The van der Waals surface area contributed by atoms with Gasteiger partial charge in [0, 0.05) is 12.7 Å². The molecule has 5 heteroatoms. The Labute approximate surface area is 81.3 Å². The molecule has 0 atom stereocenters. The van der Waals surface area contributed by atoms with Gasteiger partial charge in [0.05, 0.1) is 19.9 Å². The smallest absolute Gasteiger partial charge is 0.357 e. The van der Waals surface area contributed by atoms with E-state index in [-0.39, 0.29) is 18.1 Å². The molecule has 0 aliphatic carbocycles. The number of rotatable bonds is 3. The molecular formula is C9H11NO4. The molecule has 0 bridgehead atoms. The highest BCUT2D eigenvalue weighted by atomic mass is 16.5. The van der Waals surface area contributed by atoms with E-state index < -0.39 is 5.97 Å². The molecule has 1 aromatic rings. The molecule has 0 saturated carbocycles. The molecule has 0 fully saturated rings. The highest BCUT2D eigenvalue weighted by molar-refractivity contribution is 5.88. The van der Waals surface area contributed by atoms with Crippen LogP contribution >= 0.6 is 0 Å². The zero-order valence-electron chi connectivity index (χ0n) is 7.98. The lowest BCUT2D eigenvalue weighted by Gasteiger charge is -2.05. The van der Waals surface area contributed by atoms with Crippen LogP contribution in [0, 0.1) is 0 Å². The predicted molar refractivity (Wildman–Crippen MR) is 48.0 cm³/mol. The van der Waals surface area contributed by atoms with Crippen LogP contribution in [0.15, 0.2) is 12.3 Å². The van der Waals surface area contributed by atoms with Crippen LogP contribution in [-0.2, 0) is 16.1 Å². The van der Waals surface area contributed by atoms with Gasteiger partial charge in [0.1, 0.15) is 5.75 Å². The van der Waals surface area contributed by atoms with E-state index in [4.69, 9.17) is 9.84 Å². The normalized spacial score (nSPS) is 9.86. The van der Waals surface area contributed by atoms with E-state index in [1.165, 1.54) is 26.5 Å². The van der Waals surface area contributed by atoms with Crippen molar-refractivity contribution in [2.75, 3.05) is 14.2 Å². The molecule has 0 amide bonds. The van der Waals surface area contributed by atoms with E-state index in [2.05, 4.69) is 9.72 Å². The van der Waals surface area contributed by atoms with Gasteiger partial charge in [-0.15, -0.1) is 0 Å². The van der Waals surface area contributed by atoms with Gasteiger partial charge >= 0.3 is 5.97 Å². The third-order valence-electron chi connectivity index (χ3n) is 1.63. The fraction of sp³-hybridized carbons (Fsp3) is 0.333. The molecule has 0 aliphatic heterocycles. The summed E-state index contributed by atoms with van der Waals surface area (Å²) in [6.07, 6.45) is 1.19. The minimum absolute atomic E-state index is 0.00953. The summed E-state index contributed by atoms with van der Waals surface area (Å²) < 4.78 is 9.38. The molecule has 1 aromatic heterocycles. The van der Waals surface area contributed by atoms with Crippen LogP contribution in [0.2, 0.25) is 0 Å². The number of methoxy groups -OCH3 is 2. The summed E-state index contributed by atoms with van der Waals surface area (Å²) in [6.45, 7) is 0.200. The molecule has 0 aromatic carbocycles. The van der Waals surface area contributed by atoms with Crippen molar-refractivity contribution in [1.82, 2.24) is 4.98 Å². The molecule has 14 heavy (non-hydrogen) atoms. The molecule has 0 spiro atoms. The number of aromatic nitrogens is 1. The Morgan fingerprint density at radius 1 is 1.57 bits per heavy atom. The first-order valence-electron chi connectivity index (χ1n) is 3.94. The molecule has 1 rings (SSSR count). The lowest BCUT2D eigenvalue weighted by atomic mass is 10.2. The van der Waals surface area contributed by atoms with Crippen LogP contribution in [0.4, 0.5) is 0 Å². The molecule has 5 nitrogen and oxygen atoms in total. The lowest BCUT2D eigenvalue weighted by Crippen LogP contribution is -2.08. The van der Waals surface area contributed by atoms with Crippen molar-refractivity contribution in [1.29, 1.82) is 0 Å². The zero-order valence-corrected chi connectivity index (χ0v) is 7.98. The number of nitrogens with zero attached hydrogens (tertiary/aromatic N) is 1. The van der Waals surface area contributed by atoms with Gasteiger partial charge in [-0.25, -0.2) is 9.78 Å². The molecular weight excluding hydrogens is 186 g/mol. The number of hydrogen-bond donors (Lipinski definition) is 1. The zero-order chi connectivity index (χ0) is 10.6. The second kappa shape index (κ2) is 4.57. The average molecular weight is 197 g/mol. The third kappa shape index (κ3) is 2.20. The summed E-state index contributed by atoms with van der Waals surface area (Å²) in [5.41, 5.74) is 0.659. The highest BCUT2D eigenvalue weighted by Crippen LogP contribution is 2.15. The standard InChI is InChI=1S/C9H11NO4/c1-13-5-6-3-7(11)4-10-8(6)9(12)14-2/h3-4,11H,5H2,1-2H3. The fourth-order valence-electron chi connectivity index (χ4n) is 1.04. The number of hydrogen-bond acceptors (Lipinski definition) is 5. The van der Waals surface area contributed by atoms with Crippen LogP contribution in [0.1, 0.15) is 16.1 Å². The second-order valence-electron chi connectivity index (χ2n) is 2.63. The number of carbonyl (C=O) groups is 1. The summed E-state index contributed by atoms with van der Waals surface area (Å²) in [4.78, 5) is 15.0. The summed E-state index contributed by atoms with van der Waals surface area (Å²) in [5, 5.41) is 9.15. The third-order valence-corrected chi connectivity index (χ3v) is 1.63. The number of ether oxygens (including phenoxy) is 2. The maximum Gasteiger partial charge on any atom is 0.357 e. The van der Waals surface area contributed by atoms with E-state index in [1.807, 2.05) is 0 Å². The first-order valence-corrected chi connectivity index (χ1v) is 3.94. The first-order chi connectivity index (χ1) is 6.69. The van der Waals surface area contributed by atoms with Crippen molar-refractivity contribution in [3.05, 3.63) is 23.5 Å². The van der Waals surface area contributed by atoms with Gasteiger partial charge in [-0.3, -0.25) is 0 Å². The van der Waals surface area contributed by atoms with Gasteiger partial charge in [-0.05, 0) is 6.07 Å². The van der Waals surface area contributed by atoms with E-state index in [1.54, 1.807) is 0 Å². The van der Waals surface area contributed by atoms with E-state index >= 15 is 0 Å². The Morgan fingerprint density at radius 3 is 2.86 bits per heavy atom. The van der Waals surface area contributed by atoms with Gasteiger partial charge in [0.15, 0.2) is 5.69 Å². The quantitative estimate of drug-likeness (QED) is 0.723. The Hall–Kier alpha value is -1.62. The molecule has 76 valence electrons. The van der Waals surface area contributed by atoms with Crippen LogP contribution < -0.4 is 0 Å². The number of pyridine rings is 1. The largest absolute Gasteiger partial charge is 0.506 e. The van der Waals surface area contributed by atoms with Gasteiger partial charge in [-0.1, -0.05) is 0 Å². The minimum atomic E-state index is -0.544. The van der Waals surface area contributed by atoms with Crippen LogP contribution in [0.3, 0.4) is 0 Å². The molecule has 1 N–H and O–H groups in total. The molecule has 1 heterocycles. The van der Waals surface area contributed by atoms with E-state index in [0.29, 0.717) is 5.56 Å². The van der Waals surface area contributed by atoms with Crippen molar-refractivity contribution < 1.29 is 19.4 Å². The maximum atomic E-state index is 11.2. The number of carbonyl (C=O) groups excluding carboxylic acids is 1. The summed E-state index contributed by atoms with van der Waals surface area (Å²) in [6, 6.07) is 1.42. The Kier molecular flexibility index (Phi) is 3.41. The van der Waals surface area contributed by atoms with Crippen molar-refractivity contribution in [3.8, 4) is 5.75 Å². The van der Waals surface area contributed by atoms with Crippen molar-refractivity contribution in [3.63, 3.8) is 0 Å². The van der Waals surface area contributed by atoms with Gasteiger partial charge < -0.3 is 14.6 Å². The van der Waals surface area contributed by atoms with Crippen LogP contribution in [0.5, 0.6) is 5.75 Å². The van der Waals surface area contributed by atoms with Gasteiger partial charge in [0.25, 0.3) is 0 Å². The van der Waals surface area contributed by atoms with E-state index in [0.717, 1.165) is 0 Å². The monoisotopic (exact) mass is 197 g/mol.